The van der Waals surface area contributed by atoms with Crippen molar-refractivity contribution in [1.29, 1.82) is 0 Å². The summed E-state index contributed by atoms with van der Waals surface area (Å²) in [5.74, 6) is 0.282. The summed E-state index contributed by atoms with van der Waals surface area (Å²) in [7, 11) is 0. The standard InChI is InChI=1S/C10H12F3NO/c1-6(2)14-9(10(11,12)13)8-5-4-7(3)15-8/h4-5,9H,1-3H3/t9-/m0/s1. The fourth-order valence-corrected chi connectivity index (χ4v) is 1.16. The van der Waals surface area contributed by atoms with Gasteiger partial charge in [0.1, 0.15) is 11.5 Å². The van der Waals surface area contributed by atoms with Crippen molar-refractivity contribution in [3.8, 4) is 0 Å². The molecule has 0 aliphatic carbocycles. The van der Waals surface area contributed by atoms with Crippen LogP contribution >= 0.6 is 0 Å². The molecule has 2 nitrogen and oxygen atoms in total. The molecule has 0 unspecified atom stereocenters. The van der Waals surface area contributed by atoms with Crippen LogP contribution in [0.15, 0.2) is 21.5 Å². The number of alkyl halides is 3. The number of rotatable bonds is 2. The maximum absolute atomic E-state index is 12.6. The predicted molar refractivity (Wildman–Crippen MR) is 51.0 cm³/mol. The Balaban J connectivity index is 3.07. The van der Waals surface area contributed by atoms with Crippen LogP contribution in [-0.2, 0) is 0 Å². The molecule has 1 rings (SSSR count). The third-order valence-electron chi connectivity index (χ3n) is 1.73. The summed E-state index contributed by atoms with van der Waals surface area (Å²) in [5.41, 5.74) is 0.367. The van der Waals surface area contributed by atoms with E-state index >= 15 is 0 Å². The Bertz CT molecular complexity index is 361. The SMILES string of the molecule is CC(C)=N[C@@H](c1ccc(C)o1)C(F)(F)F. The van der Waals surface area contributed by atoms with Crippen LogP contribution in [-0.4, -0.2) is 11.9 Å². The second kappa shape index (κ2) is 4.08. The van der Waals surface area contributed by atoms with Gasteiger partial charge in [0.05, 0.1) is 0 Å². The average Bonchev–Trinajstić information content (AvgIpc) is 2.45. The van der Waals surface area contributed by atoms with Gasteiger partial charge in [-0.25, -0.2) is 0 Å². The molecule has 0 saturated heterocycles. The molecule has 0 spiro atoms. The van der Waals surface area contributed by atoms with E-state index in [2.05, 4.69) is 4.99 Å². The lowest BCUT2D eigenvalue weighted by Crippen LogP contribution is -2.19. The van der Waals surface area contributed by atoms with E-state index in [-0.39, 0.29) is 5.76 Å². The third-order valence-corrected chi connectivity index (χ3v) is 1.73. The number of hydrogen-bond donors (Lipinski definition) is 0. The van der Waals surface area contributed by atoms with Crippen LogP contribution in [0.25, 0.3) is 0 Å². The van der Waals surface area contributed by atoms with Gasteiger partial charge in [-0.2, -0.15) is 13.2 Å². The smallest absolute Gasteiger partial charge is 0.418 e. The number of hydrogen-bond acceptors (Lipinski definition) is 2. The molecule has 15 heavy (non-hydrogen) atoms. The molecule has 84 valence electrons. The highest BCUT2D eigenvalue weighted by Gasteiger charge is 2.42. The Hall–Kier alpha value is -1.26. The van der Waals surface area contributed by atoms with Gasteiger partial charge in [-0.3, -0.25) is 4.99 Å². The summed E-state index contributed by atoms with van der Waals surface area (Å²) in [5, 5.41) is 0. The lowest BCUT2D eigenvalue weighted by molar-refractivity contribution is -0.152. The molecule has 5 heteroatoms. The highest BCUT2D eigenvalue weighted by atomic mass is 19.4. The topological polar surface area (TPSA) is 25.5 Å². The van der Waals surface area contributed by atoms with E-state index in [1.165, 1.54) is 26.0 Å². The van der Waals surface area contributed by atoms with E-state index in [1.807, 2.05) is 0 Å². The zero-order valence-electron chi connectivity index (χ0n) is 8.72. The molecule has 0 aliphatic rings. The minimum Gasteiger partial charge on any atom is -0.464 e. The van der Waals surface area contributed by atoms with Crippen LogP contribution in [0.3, 0.4) is 0 Å². The Labute approximate surface area is 85.8 Å². The molecule has 1 aromatic heterocycles. The first kappa shape index (κ1) is 11.8. The second-order valence-electron chi connectivity index (χ2n) is 3.47. The summed E-state index contributed by atoms with van der Waals surface area (Å²) < 4.78 is 42.8. The fourth-order valence-electron chi connectivity index (χ4n) is 1.16. The van der Waals surface area contributed by atoms with E-state index < -0.39 is 12.2 Å². The van der Waals surface area contributed by atoms with Gasteiger partial charge in [-0.15, -0.1) is 0 Å². The molecule has 0 N–H and O–H groups in total. The fraction of sp³-hybridized carbons (Fsp3) is 0.500. The van der Waals surface area contributed by atoms with Crippen molar-refractivity contribution in [2.24, 2.45) is 4.99 Å². The maximum Gasteiger partial charge on any atom is 0.418 e. The van der Waals surface area contributed by atoms with E-state index in [0.717, 1.165) is 0 Å². The first-order valence-corrected chi connectivity index (χ1v) is 4.45. The van der Waals surface area contributed by atoms with Crippen molar-refractivity contribution in [2.75, 3.05) is 0 Å². The van der Waals surface area contributed by atoms with Gasteiger partial charge in [0, 0.05) is 5.71 Å². The zero-order chi connectivity index (χ0) is 11.6. The molecule has 0 radical (unpaired) electrons. The van der Waals surface area contributed by atoms with Crippen molar-refractivity contribution < 1.29 is 17.6 Å². The van der Waals surface area contributed by atoms with Gasteiger partial charge in [-0.1, -0.05) is 0 Å². The number of furan rings is 1. The molecule has 0 bridgehead atoms. The largest absolute Gasteiger partial charge is 0.464 e. The molecule has 0 saturated carbocycles. The van der Waals surface area contributed by atoms with Gasteiger partial charge in [0.25, 0.3) is 0 Å². The molecular formula is C10H12F3NO. The Morgan fingerprint density at radius 1 is 1.33 bits per heavy atom. The molecular weight excluding hydrogens is 207 g/mol. The minimum absolute atomic E-state index is 0.166. The molecule has 1 atom stereocenters. The van der Waals surface area contributed by atoms with Gasteiger partial charge in [0.2, 0.25) is 6.04 Å². The van der Waals surface area contributed by atoms with Gasteiger partial charge >= 0.3 is 6.18 Å². The molecule has 1 heterocycles. The number of aryl methyl sites for hydroxylation is 1. The van der Waals surface area contributed by atoms with Crippen LogP contribution in [0.2, 0.25) is 0 Å². The van der Waals surface area contributed by atoms with Crippen molar-refractivity contribution in [3.63, 3.8) is 0 Å². The average molecular weight is 219 g/mol. The molecule has 0 amide bonds. The molecule has 0 aromatic carbocycles. The number of nitrogens with zero attached hydrogens (tertiary/aromatic N) is 1. The van der Waals surface area contributed by atoms with Crippen molar-refractivity contribution in [1.82, 2.24) is 0 Å². The lowest BCUT2D eigenvalue weighted by Gasteiger charge is -2.14. The first-order valence-electron chi connectivity index (χ1n) is 4.45. The Morgan fingerprint density at radius 2 is 1.93 bits per heavy atom. The minimum atomic E-state index is -4.42. The van der Waals surface area contributed by atoms with E-state index in [4.69, 9.17) is 4.42 Å². The second-order valence-corrected chi connectivity index (χ2v) is 3.47. The summed E-state index contributed by atoms with van der Waals surface area (Å²) >= 11 is 0. The van der Waals surface area contributed by atoms with Crippen LogP contribution in [0.4, 0.5) is 13.2 Å². The highest BCUT2D eigenvalue weighted by molar-refractivity contribution is 5.79. The number of halogens is 3. The van der Waals surface area contributed by atoms with Gasteiger partial charge in [0.15, 0.2) is 0 Å². The Kier molecular flexibility index (Phi) is 3.21. The van der Waals surface area contributed by atoms with Crippen LogP contribution in [0.1, 0.15) is 31.4 Å². The van der Waals surface area contributed by atoms with Gasteiger partial charge < -0.3 is 4.42 Å². The summed E-state index contributed by atoms with van der Waals surface area (Å²) in [6, 6.07) is 0.908. The van der Waals surface area contributed by atoms with Crippen LogP contribution in [0, 0.1) is 6.92 Å². The predicted octanol–water partition coefficient (Wildman–Crippen LogP) is 3.67. The van der Waals surface area contributed by atoms with E-state index in [9.17, 15) is 13.2 Å². The van der Waals surface area contributed by atoms with Crippen molar-refractivity contribution in [3.05, 3.63) is 23.7 Å². The highest BCUT2D eigenvalue weighted by Crippen LogP contribution is 2.36. The van der Waals surface area contributed by atoms with Crippen molar-refractivity contribution in [2.45, 2.75) is 33.0 Å². The normalized spacial score (nSPS) is 13.7. The third kappa shape index (κ3) is 3.11. The van der Waals surface area contributed by atoms with Gasteiger partial charge in [-0.05, 0) is 32.9 Å². The monoisotopic (exact) mass is 219 g/mol. The summed E-state index contributed by atoms with van der Waals surface area (Å²) in [4.78, 5) is 3.53. The Morgan fingerprint density at radius 3 is 2.27 bits per heavy atom. The maximum atomic E-state index is 12.6. The molecule has 1 aromatic rings. The zero-order valence-corrected chi connectivity index (χ0v) is 8.72. The molecule has 0 aliphatic heterocycles. The lowest BCUT2D eigenvalue weighted by atomic mass is 10.2. The van der Waals surface area contributed by atoms with E-state index in [1.54, 1.807) is 6.92 Å². The first-order chi connectivity index (χ1) is 6.80. The quantitative estimate of drug-likeness (QED) is 0.696. The van der Waals surface area contributed by atoms with Crippen molar-refractivity contribution >= 4 is 5.71 Å². The van der Waals surface area contributed by atoms with Crippen LogP contribution < -0.4 is 0 Å². The van der Waals surface area contributed by atoms with Crippen LogP contribution in [0.5, 0.6) is 0 Å². The van der Waals surface area contributed by atoms with E-state index in [0.29, 0.717) is 11.5 Å². The summed E-state index contributed by atoms with van der Waals surface area (Å²) in [6.45, 7) is 4.64. The molecule has 0 fully saturated rings. The number of aliphatic imine (C=N–C) groups is 1. The summed E-state index contributed by atoms with van der Waals surface area (Å²) in [6.07, 6.45) is -4.42.